The number of unbranched alkanes of at least 4 members (excludes halogenated alkanes) is 2. The van der Waals surface area contributed by atoms with E-state index in [1.54, 1.807) is 42.5 Å². The molecule has 0 aromatic heterocycles. The number of carbonyl (C=O) groups excluding carboxylic acids is 2. The zero-order valence-electron chi connectivity index (χ0n) is 13.2. The smallest absolute Gasteiger partial charge is 0.242 e. The van der Waals surface area contributed by atoms with E-state index in [0.717, 1.165) is 12.8 Å². The molecular weight excluding hydrogens is 292 g/mol. The van der Waals surface area contributed by atoms with Gasteiger partial charge in [0, 0.05) is 0 Å². The van der Waals surface area contributed by atoms with Gasteiger partial charge in [0.15, 0.2) is 0 Å². The van der Waals surface area contributed by atoms with Crippen molar-refractivity contribution in [1.82, 2.24) is 0 Å². The standard InChI is InChI=1S/C19H20O4/c1-2-3-5-8-15-11-13-17(14-12-15)19(21)23-22-18(20)16-9-6-4-7-10-16/h4,6-7,9-14H,2-3,5,8H2,1H3. The van der Waals surface area contributed by atoms with Gasteiger partial charge in [-0.15, -0.1) is 0 Å². The summed E-state index contributed by atoms with van der Waals surface area (Å²) in [6, 6.07) is 15.5. The first-order chi connectivity index (χ1) is 11.2. The van der Waals surface area contributed by atoms with Crippen LogP contribution in [0.4, 0.5) is 0 Å². The topological polar surface area (TPSA) is 52.6 Å². The summed E-state index contributed by atoms with van der Waals surface area (Å²) in [4.78, 5) is 32.7. The van der Waals surface area contributed by atoms with Gasteiger partial charge >= 0.3 is 11.9 Å². The highest BCUT2D eigenvalue weighted by atomic mass is 17.2. The maximum atomic E-state index is 11.9. The summed E-state index contributed by atoms with van der Waals surface area (Å²) >= 11 is 0. The predicted molar refractivity (Wildman–Crippen MR) is 86.9 cm³/mol. The van der Waals surface area contributed by atoms with E-state index < -0.39 is 11.9 Å². The quantitative estimate of drug-likeness (QED) is 0.452. The molecule has 0 saturated heterocycles. The Hall–Kier alpha value is -2.62. The van der Waals surface area contributed by atoms with Gasteiger partial charge < -0.3 is 0 Å². The van der Waals surface area contributed by atoms with E-state index in [9.17, 15) is 9.59 Å². The molecule has 0 saturated carbocycles. The molecule has 0 bridgehead atoms. The number of benzene rings is 2. The molecule has 0 N–H and O–H groups in total. The monoisotopic (exact) mass is 312 g/mol. The Labute approximate surface area is 136 Å². The van der Waals surface area contributed by atoms with Gasteiger partial charge in [-0.3, -0.25) is 0 Å². The lowest BCUT2D eigenvalue weighted by Gasteiger charge is -2.04. The lowest BCUT2D eigenvalue weighted by atomic mass is 10.1. The van der Waals surface area contributed by atoms with Gasteiger partial charge in [0.1, 0.15) is 0 Å². The highest BCUT2D eigenvalue weighted by Gasteiger charge is 2.13. The van der Waals surface area contributed by atoms with Crippen molar-refractivity contribution in [1.29, 1.82) is 0 Å². The molecule has 2 aromatic carbocycles. The fourth-order valence-electron chi connectivity index (χ4n) is 2.13. The second-order valence-electron chi connectivity index (χ2n) is 5.26. The van der Waals surface area contributed by atoms with Crippen molar-refractivity contribution >= 4 is 11.9 Å². The molecule has 0 amide bonds. The summed E-state index contributed by atoms with van der Waals surface area (Å²) in [6.45, 7) is 2.16. The van der Waals surface area contributed by atoms with Crippen molar-refractivity contribution in [3.8, 4) is 0 Å². The molecule has 0 fully saturated rings. The lowest BCUT2D eigenvalue weighted by molar-refractivity contribution is -0.187. The molecule has 23 heavy (non-hydrogen) atoms. The zero-order valence-corrected chi connectivity index (χ0v) is 13.2. The molecule has 0 unspecified atom stereocenters. The number of hydrogen-bond acceptors (Lipinski definition) is 4. The van der Waals surface area contributed by atoms with Gasteiger partial charge in [0.05, 0.1) is 11.1 Å². The summed E-state index contributed by atoms with van der Waals surface area (Å²) in [6.07, 6.45) is 4.50. The third-order valence-electron chi connectivity index (χ3n) is 3.46. The summed E-state index contributed by atoms with van der Waals surface area (Å²) in [5.74, 6) is -1.38. The first-order valence-corrected chi connectivity index (χ1v) is 7.78. The average Bonchev–Trinajstić information content (AvgIpc) is 2.61. The van der Waals surface area contributed by atoms with Crippen molar-refractivity contribution in [3.63, 3.8) is 0 Å². The Bertz CT molecular complexity index is 632. The van der Waals surface area contributed by atoms with Crippen molar-refractivity contribution < 1.29 is 19.4 Å². The SMILES string of the molecule is CCCCCc1ccc(C(=O)OOC(=O)c2ccccc2)cc1. The minimum atomic E-state index is -0.699. The van der Waals surface area contributed by atoms with E-state index in [1.165, 1.54) is 18.4 Å². The van der Waals surface area contributed by atoms with Crippen LogP contribution in [0.1, 0.15) is 52.5 Å². The minimum absolute atomic E-state index is 0.326. The van der Waals surface area contributed by atoms with E-state index >= 15 is 0 Å². The zero-order chi connectivity index (χ0) is 16.5. The molecular formula is C19H20O4. The summed E-state index contributed by atoms with van der Waals surface area (Å²) < 4.78 is 0. The third kappa shape index (κ3) is 5.25. The lowest BCUT2D eigenvalue weighted by Crippen LogP contribution is -2.11. The van der Waals surface area contributed by atoms with E-state index in [0.29, 0.717) is 11.1 Å². The van der Waals surface area contributed by atoms with Crippen LogP contribution in [0.2, 0.25) is 0 Å². The fourth-order valence-corrected chi connectivity index (χ4v) is 2.13. The Morgan fingerprint density at radius 1 is 0.783 bits per heavy atom. The second kappa shape index (κ2) is 8.73. The van der Waals surface area contributed by atoms with Gasteiger partial charge in [0.2, 0.25) is 0 Å². The van der Waals surface area contributed by atoms with Crippen LogP contribution in [-0.2, 0) is 16.2 Å². The molecule has 4 nitrogen and oxygen atoms in total. The van der Waals surface area contributed by atoms with Gasteiger partial charge in [-0.25, -0.2) is 19.4 Å². The third-order valence-corrected chi connectivity index (χ3v) is 3.46. The largest absolute Gasteiger partial charge is 0.386 e. The Morgan fingerprint density at radius 2 is 1.35 bits per heavy atom. The number of aryl methyl sites for hydroxylation is 1. The average molecular weight is 312 g/mol. The number of hydrogen-bond donors (Lipinski definition) is 0. The molecule has 0 atom stereocenters. The number of carbonyl (C=O) groups is 2. The Morgan fingerprint density at radius 3 is 1.91 bits per heavy atom. The molecule has 120 valence electrons. The van der Waals surface area contributed by atoms with E-state index in [4.69, 9.17) is 0 Å². The van der Waals surface area contributed by atoms with Crippen LogP contribution in [0.5, 0.6) is 0 Å². The molecule has 0 spiro atoms. The highest BCUT2D eigenvalue weighted by molar-refractivity contribution is 5.92. The first kappa shape index (κ1) is 16.7. The van der Waals surface area contributed by atoms with Crippen LogP contribution >= 0.6 is 0 Å². The van der Waals surface area contributed by atoms with E-state index in [1.807, 2.05) is 12.1 Å². The van der Waals surface area contributed by atoms with Crippen LogP contribution < -0.4 is 0 Å². The van der Waals surface area contributed by atoms with Crippen LogP contribution in [0, 0.1) is 0 Å². The van der Waals surface area contributed by atoms with Crippen molar-refractivity contribution in [3.05, 3.63) is 71.3 Å². The van der Waals surface area contributed by atoms with Crippen molar-refractivity contribution in [2.75, 3.05) is 0 Å². The van der Waals surface area contributed by atoms with Crippen LogP contribution in [0.3, 0.4) is 0 Å². The van der Waals surface area contributed by atoms with Gasteiger partial charge in [0.25, 0.3) is 0 Å². The fraction of sp³-hybridized carbons (Fsp3) is 0.263. The molecule has 2 rings (SSSR count). The van der Waals surface area contributed by atoms with E-state index in [-0.39, 0.29) is 0 Å². The van der Waals surface area contributed by atoms with Gasteiger partial charge in [-0.2, -0.15) is 0 Å². The van der Waals surface area contributed by atoms with Crippen LogP contribution in [-0.4, -0.2) is 11.9 Å². The maximum absolute atomic E-state index is 11.9. The molecule has 4 heteroatoms. The molecule has 2 aromatic rings. The van der Waals surface area contributed by atoms with Crippen molar-refractivity contribution in [2.24, 2.45) is 0 Å². The summed E-state index contributed by atoms with van der Waals surface area (Å²) in [5, 5.41) is 0. The van der Waals surface area contributed by atoms with Crippen LogP contribution in [0.15, 0.2) is 54.6 Å². The molecule has 0 aliphatic heterocycles. The Kier molecular flexibility index (Phi) is 6.36. The van der Waals surface area contributed by atoms with Gasteiger partial charge in [-0.05, 0) is 42.7 Å². The highest BCUT2D eigenvalue weighted by Crippen LogP contribution is 2.10. The minimum Gasteiger partial charge on any atom is -0.242 e. The predicted octanol–water partition coefficient (Wildman–Crippen LogP) is 4.35. The first-order valence-electron chi connectivity index (χ1n) is 7.78. The molecule has 0 aliphatic carbocycles. The maximum Gasteiger partial charge on any atom is 0.386 e. The summed E-state index contributed by atoms with van der Waals surface area (Å²) in [5.41, 5.74) is 1.85. The summed E-state index contributed by atoms with van der Waals surface area (Å²) in [7, 11) is 0. The Balaban J connectivity index is 1.84. The second-order valence-corrected chi connectivity index (χ2v) is 5.26. The molecule has 0 heterocycles. The van der Waals surface area contributed by atoms with Crippen molar-refractivity contribution in [2.45, 2.75) is 32.6 Å². The molecule has 0 aliphatic rings. The number of rotatable bonds is 6. The van der Waals surface area contributed by atoms with Crippen LogP contribution in [0.25, 0.3) is 0 Å². The van der Waals surface area contributed by atoms with Gasteiger partial charge in [-0.1, -0.05) is 50.1 Å². The van der Waals surface area contributed by atoms with E-state index in [2.05, 4.69) is 16.7 Å². The normalized spacial score (nSPS) is 10.1. The molecule has 0 radical (unpaired) electrons.